The van der Waals surface area contributed by atoms with Gasteiger partial charge in [-0.25, -0.2) is 0 Å². The molecule has 2 aliphatic rings. The first-order valence-corrected chi connectivity index (χ1v) is 21.7. The van der Waals surface area contributed by atoms with E-state index in [4.69, 9.17) is 0 Å². The van der Waals surface area contributed by atoms with Crippen molar-refractivity contribution in [2.45, 2.75) is 24.7 Å². The molecular weight excluding hydrogens is 743 g/mol. The average Bonchev–Trinajstić information content (AvgIpc) is 3.91. The van der Waals surface area contributed by atoms with E-state index in [0.717, 1.165) is 17.1 Å². The third kappa shape index (κ3) is 4.98. The van der Waals surface area contributed by atoms with Gasteiger partial charge in [-0.15, -0.1) is 11.3 Å². The van der Waals surface area contributed by atoms with E-state index >= 15 is 0 Å². The van der Waals surface area contributed by atoms with Crippen molar-refractivity contribution in [3.05, 3.63) is 246 Å². The second-order valence-electron chi connectivity index (χ2n) is 16.7. The maximum atomic E-state index is 2.49. The molecule has 0 spiro atoms. The second kappa shape index (κ2) is 13.3. The Hall–Kier alpha value is -7.00. The molecule has 1 nitrogen and oxygen atoms in total. The number of thiophene rings is 1. The molecule has 0 amide bonds. The average molecular weight is 784 g/mol. The lowest BCUT2D eigenvalue weighted by molar-refractivity contribution is 0.713. The molecule has 1 heterocycles. The van der Waals surface area contributed by atoms with Gasteiger partial charge in [0.05, 0.1) is 0 Å². The van der Waals surface area contributed by atoms with E-state index in [1.165, 1.54) is 86.9 Å². The van der Waals surface area contributed by atoms with Crippen molar-refractivity contribution in [2.24, 2.45) is 0 Å². The smallest absolute Gasteiger partial charge is 0.0468 e. The fourth-order valence-corrected chi connectivity index (χ4v) is 11.9. The van der Waals surface area contributed by atoms with Gasteiger partial charge in [-0.3, -0.25) is 0 Å². The molecule has 0 fully saturated rings. The normalized spacial score (nSPS) is 17.3. The lowest BCUT2D eigenvalue weighted by Crippen LogP contribution is -2.23. The van der Waals surface area contributed by atoms with Gasteiger partial charge < -0.3 is 4.90 Å². The summed E-state index contributed by atoms with van der Waals surface area (Å²) in [5.74, 6) is 0. The monoisotopic (exact) mass is 783 g/mol. The number of hydrogen-bond acceptors (Lipinski definition) is 2. The molecule has 0 radical (unpaired) electrons. The fourth-order valence-electron chi connectivity index (χ4n) is 10.6. The first-order valence-electron chi connectivity index (χ1n) is 20.9. The van der Waals surface area contributed by atoms with Crippen LogP contribution in [0.1, 0.15) is 47.2 Å². The molecule has 1 aromatic heterocycles. The topological polar surface area (TPSA) is 3.24 Å². The molecule has 0 saturated carbocycles. The maximum Gasteiger partial charge on any atom is 0.0468 e. The van der Waals surface area contributed by atoms with Crippen LogP contribution in [0.25, 0.3) is 53.6 Å². The predicted octanol–water partition coefficient (Wildman–Crippen LogP) is 15.9. The zero-order valence-corrected chi connectivity index (χ0v) is 34.4. The summed E-state index contributed by atoms with van der Waals surface area (Å²) in [7, 11) is 0. The highest BCUT2D eigenvalue weighted by Gasteiger charge is 2.42. The maximum absolute atomic E-state index is 2.49. The van der Waals surface area contributed by atoms with Crippen LogP contribution in [0.2, 0.25) is 0 Å². The molecule has 2 heteroatoms. The van der Waals surface area contributed by atoms with Gasteiger partial charge in [0.25, 0.3) is 0 Å². The van der Waals surface area contributed by atoms with E-state index in [0.29, 0.717) is 0 Å². The molecular formula is C58H41NS. The number of benzene rings is 9. The van der Waals surface area contributed by atoms with Crippen LogP contribution in [0.3, 0.4) is 0 Å². The van der Waals surface area contributed by atoms with Crippen LogP contribution in [0, 0.1) is 0 Å². The van der Waals surface area contributed by atoms with Crippen molar-refractivity contribution in [2.75, 3.05) is 4.90 Å². The predicted molar refractivity (Wildman–Crippen MR) is 254 cm³/mol. The van der Waals surface area contributed by atoms with E-state index in [-0.39, 0.29) is 10.8 Å². The van der Waals surface area contributed by atoms with Crippen molar-refractivity contribution < 1.29 is 0 Å². The highest BCUT2D eigenvalue weighted by atomic mass is 32.1. The summed E-state index contributed by atoms with van der Waals surface area (Å²) in [5, 5.41) is 2.63. The van der Waals surface area contributed by atoms with E-state index in [1.807, 2.05) is 11.3 Å². The third-order valence-electron chi connectivity index (χ3n) is 13.6. The summed E-state index contributed by atoms with van der Waals surface area (Å²) >= 11 is 1.89. The van der Waals surface area contributed by atoms with E-state index in [9.17, 15) is 0 Å². The summed E-state index contributed by atoms with van der Waals surface area (Å²) in [5.41, 5.74) is 18.4. The molecule has 0 saturated heterocycles. The van der Waals surface area contributed by atoms with E-state index < -0.39 is 0 Å². The van der Waals surface area contributed by atoms with Crippen molar-refractivity contribution >= 4 is 48.6 Å². The minimum absolute atomic E-state index is 0.268. The van der Waals surface area contributed by atoms with E-state index in [2.05, 4.69) is 231 Å². The van der Waals surface area contributed by atoms with Crippen molar-refractivity contribution in [1.29, 1.82) is 0 Å². The molecule has 2 aliphatic carbocycles. The molecule has 0 N–H and O–H groups in total. The number of hydrogen-bond donors (Lipinski definition) is 0. The minimum Gasteiger partial charge on any atom is -0.310 e. The van der Waals surface area contributed by atoms with Crippen molar-refractivity contribution in [1.82, 2.24) is 0 Å². The van der Waals surface area contributed by atoms with Crippen molar-refractivity contribution in [3.63, 3.8) is 0 Å². The van der Waals surface area contributed by atoms with Gasteiger partial charge in [0.15, 0.2) is 0 Å². The summed E-state index contributed by atoms with van der Waals surface area (Å²) in [6.45, 7) is 4.80. The Kier molecular flexibility index (Phi) is 7.73. The number of anilines is 3. The SMILES string of the molecule is CC1(c2ccccc2)c2ccccc2-c2cc(N(c3cccc(-c4cccc5c4sc4ccccc45)c3)c3ccc4c(c3)C(C)(c3ccccc3)c3ccccc3-4)ccc21. The van der Waals surface area contributed by atoms with Crippen LogP contribution >= 0.6 is 11.3 Å². The Morgan fingerprint density at radius 1 is 0.350 bits per heavy atom. The zero-order valence-electron chi connectivity index (χ0n) is 33.6. The lowest BCUT2D eigenvalue weighted by atomic mass is 9.74. The number of nitrogens with zero attached hydrogens (tertiary/aromatic N) is 1. The molecule has 284 valence electrons. The third-order valence-corrected chi connectivity index (χ3v) is 14.9. The van der Waals surface area contributed by atoms with Crippen LogP contribution in [0.5, 0.6) is 0 Å². The molecule has 12 rings (SSSR count). The van der Waals surface area contributed by atoms with Gasteiger partial charge in [0.1, 0.15) is 0 Å². The Labute approximate surface area is 355 Å². The van der Waals surface area contributed by atoms with Gasteiger partial charge in [-0.05, 0) is 123 Å². The number of fused-ring (bicyclic) bond motifs is 9. The molecule has 2 atom stereocenters. The van der Waals surface area contributed by atoms with Crippen LogP contribution in [-0.4, -0.2) is 0 Å². The minimum atomic E-state index is -0.318. The Morgan fingerprint density at radius 3 is 1.62 bits per heavy atom. The zero-order chi connectivity index (χ0) is 40.0. The second-order valence-corrected chi connectivity index (χ2v) is 17.8. The standard InChI is InChI=1S/C58H41NS/c1-57(39-18-5-3-6-19-39)52-29-13-10-24-46(52)50-36-42(32-34-53(50)57)59(41-22-15-17-38(35-41)44-26-16-27-49-48-25-11-14-30-55(48)60-56(44)49)43-31-33-47-45-23-9-12-28-51(45)58(2,54(47)37-43)40-20-7-4-8-21-40/h3-37H,1-2H3. The molecule has 0 bridgehead atoms. The summed E-state index contributed by atoms with van der Waals surface area (Å²) < 4.78 is 2.64. The molecule has 60 heavy (non-hydrogen) atoms. The fraction of sp³-hybridized carbons (Fsp3) is 0.0690. The Bertz CT molecular complexity index is 3310. The Morgan fingerprint density at radius 2 is 0.867 bits per heavy atom. The largest absolute Gasteiger partial charge is 0.310 e. The van der Waals surface area contributed by atoms with Crippen LogP contribution in [-0.2, 0) is 10.8 Å². The Balaban J connectivity index is 1.09. The molecule has 10 aromatic rings. The van der Waals surface area contributed by atoms with Crippen LogP contribution < -0.4 is 4.90 Å². The quantitative estimate of drug-likeness (QED) is 0.162. The highest BCUT2D eigenvalue weighted by molar-refractivity contribution is 7.26. The molecule has 0 aliphatic heterocycles. The van der Waals surface area contributed by atoms with Gasteiger partial charge in [-0.2, -0.15) is 0 Å². The van der Waals surface area contributed by atoms with Gasteiger partial charge >= 0.3 is 0 Å². The van der Waals surface area contributed by atoms with Gasteiger partial charge in [-0.1, -0.05) is 170 Å². The summed E-state index contributed by atoms with van der Waals surface area (Å²) in [6, 6.07) is 79.1. The summed E-state index contributed by atoms with van der Waals surface area (Å²) in [4.78, 5) is 2.49. The highest BCUT2D eigenvalue weighted by Crippen LogP contribution is 2.56. The van der Waals surface area contributed by atoms with Crippen LogP contribution in [0.4, 0.5) is 17.1 Å². The lowest BCUT2D eigenvalue weighted by Gasteiger charge is -2.31. The van der Waals surface area contributed by atoms with Crippen molar-refractivity contribution in [3.8, 4) is 33.4 Å². The van der Waals surface area contributed by atoms with Gasteiger partial charge in [0, 0.05) is 48.1 Å². The molecule has 2 unspecified atom stereocenters. The van der Waals surface area contributed by atoms with E-state index in [1.54, 1.807) is 0 Å². The van der Waals surface area contributed by atoms with Crippen LogP contribution in [0.15, 0.2) is 212 Å². The number of rotatable bonds is 6. The molecule has 9 aromatic carbocycles. The first-order chi connectivity index (χ1) is 29.5. The summed E-state index contributed by atoms with van der Waals surface area (Å²) in [6.07, 6.45) is 0. The first kappa shape index (κ1) is 35.0. The van der Waals surface area contributed by atoms with Gasteiger partial charge in [0.2, 0.25) is 0 Å².